The molecular weight excluding hydrogens is 126 g/mol. The van der Waals surface area contributed by atoms with Crippen LogP contribution in [0.4, 0.5) is 0 Å². The van der Waals surface area contributed by atoms with Gasteiger partial charge >= 0.3 is 0 Å². The van der Waals surface area contributed by atoms with Crippen LogP contribution in [0.15, 0.2) is 12.4 Å². The smallest absolute Gasteiger partial charge is 0.0754 e. The summed E-state index contributed by atoms with van der Waals surface area (Å²) in [5.41, 5.74) is 7.34. The van der Waals surface area contributed by atoms with E-state index < -0.39 is 0 Å². The summed E-state index contributed by atoms with van der Waals surface area (Å²) in [7, 11) is 0. The highest BCUT2D eigenvalue weighted by atomic mass is 14.8. The summed E-state index contributed by atoms with van der Waals surface area (Å²) in [4.78, 5) is 8.15. The van der Waals surface area contributed by atoms with E-state index in [0.717, 1.165) is 11.4 Å². The average Bonchev–Trinajstić information content (AvgIpc) is 1.88. The van der Waals surface area contributed by atoms with E-state index in [1.165, 1.54) is 0 Å². The van der Waals surface area contributed by atoms with Crippen LogP contribution < -0.4 is 5.73 Å². The third kappa shape index (κ3) is 1.51. The van der Waals surface area contributed by atoms with Crippen LogP contribution in [0, 0.1) is 6.92 Å². The van der Waals surface area contributed by atoms with Crippen molar-refractivity contribution in [1.82, 2.24) is 9.97 Å². The zero-order chi connectivity index (χ0) is 7.56. The first kappa shape index (κ1) is 7.15. The van der Waals surface area contributed by atoms with Crippen molar-refractivity contribution in [3.63, 3.8) is 0 Å². The van der Waals surface area contributed by atoms with Gasteiger partial charge in [0.15, 0.2) is 0 Å². The fraction of sp³-hybridized carbons (Fsp3) is 0.429. The van der Waals surface area contributed by atoms with E-state index in [0.29, 0.717) is 0 Å². The predicted molar refractivity (Wildman–Crippen MR) is 39.4 cm³/mol. The number of rotatable bonds is 1. The average molecular weight is 137 g/mol. The van der Waals surface area contributed by atoms with Crippen LogP contribution in [0.2, 0.25) is 0 Å². The van der Waals surface area contributed by atoms with Gasteiger partial charge in [0.05, 0.1) is 11.4 Å². The molecule has 1 aromatic rings. The van der Waals surface area contributed by atoms with Crippen LogP contribution >= 0.6 is 0 Å². The molecule has 1 rings (SSSR count). The molecule has 0 amide bonds. The first-order valence-electron chi connectivity index (χ1n) is 3.24. The molecule has 0 saturated heterocycles. The zero-order valence-electron chi connectivity index (χ0n) is 6.20. The second-order valence-corrected chi connectivity index (χ2v) is 2.37. The Labute approximate surface area is 60.3 Å². The van der Waals surface area contributed by atoms with Gasteiger partial charge in [-0.05, 0) is 13.8 Å². The SMILES string of the molecule is Cc1cncc(C(C)N)n1. The molecule has 0 aliphatic carbocycles. The molecule has 0 bridgehead atoms. The molecule has 3 nitrogen and oxygen atoms in total. The highest BCUT2D eigenvalue weighted by molar-refractivity contribution is 5.04. The Kier molecular flexibility index (Phi) is 1.97. The minimum atomic E-state index is -0.0209. The molecule has 0 spiro atoms. The minimum absolute atomic E-state index is 0.0209. The van der Waals surface area contributed by atoms with Gasteiger partial charge in [0.2, 0.25) is 0 Å². The van der Waals surface area contributed by atoms with E-state index >= 15 is 0 Å². The largest absolute Gasteiger partial charge is 0.323 e. The van der Waals surface area contributed by atoms with Crippen LogP contribution in [0.3, 0.4) is 0 Å². The van der Waals surface area contributed by atoms with Crippen LogP contribution in [-0.4, -0.2) is 9.97 Å². The molecule has 2 N–H and O–H groups in total. The van der Waals surface area contributed by atoms with Crippen molar-refractivity contribution in [3.05, 3.63) is 23.8 Å². The molecule has 0 aromatic carbocycles. The molecule has 1 atom stereocenters. The Morgan fingerprint density at radius 1 is 1.50 bits per heavy atom. The summed E-state index contributed by atoms with van der Waals surface area (Å²) in [6.45, 7) is 3.79. The lowest BCUT2D eigenvalue weighted by Gasteiger charge is -2.02. The van der Waals surface area contributed by atoms with Gasteiger partial charge in [0, 0.05) is 18.4 Å². The Bertz CT molecular complexity index is 220. The van der Waals surface area contributed by atoms with Gasteiger partial charge in [0.1, 0.15) is 0 Å². The molecule has 1 heterocycles. The highest BCUT2D eigenvalue weighted by Crippen LogP contribution is 2.03. The van der Waals surface area contributed by atoms with Gasteiger partial charge in [-0.1, -0.05) is 0 Å². The molecule has 0 radical (unpaired) electrons. The monoisotopic (exact) mass is 137 g/mol. The molecule has 54 valence electrons. The molecule has 3 heteroatoms. The van der Waals surface area contributed by atoms with E-state index in [4.69, 9.17) is 5.73 Å². The van der Waals surface area contributed by atoms with Gasteiger partial charge in [-0.15, -0.1) is 0 Å². The van der Waals surface area contributed by atoms with Gasteiger partial charge in [-0.2, -0.15) is 0 Å². The van der Waals surface area contributed by atoms with Gasteiger partial charge in [-0.25, -0.2) is 0 Å². The maximum atomic E-state index is 5.58. The molecule has 0 fully saturated rings. The topological polar surface area (TPSA) is 51.8 Å². The fourth-order valence-corrected chi connectivity index (χ4v) is 0.702. The third-order valence-corrected chi connectivity index (χ3v) is 1.24. The number of hydrogen-bond acceptors (Lipinski definition) is 3. The number of nitrogens with two attached hydrogens (primary N) is 1. The summed E-state index contributed by atoms with van der Waals surface area (Å²) in [5.74, 6) is 0. The van der Waals surface area contributed by atoms with E-state index in [2.05, 4.69) is 9.97 Å². The highest BCUT2D eigenvalue weighted by Gasteiger charge is 1.99. The summed E-state index contributed by atoms with van der Waals surface area (Å²) < 4.78 is 0. The van der Waals surface area contributed by atoms with E-state index in [9.17, 15) is 0 Å². The van der Waals surface area contributed by atoms with Crippen LogP contribution in [-0.2, 0) is 0 Å². The Morgan fingerprint density at radius 2 is 2.20 bits per heavy atom. The lowest BCUT2D eigenvalue weighted by Crippen LogP contribution is -2.08. The summed E-state index contributed by atoms with van der Waals surface area (Å²) >= 11 is 0. The van der Waals surface area contributed by atoms with Crippen molar-refractivity contribution in [2.75, 3.05) is 0 Å². The molecule has 1 unspecified atom stereocenters. The molecule has 0 aliphatic rings. The maximum Gasteiger partial charge on any atom is 0.0754 e. The van der Waals surface area contributed by atoms with Gasteiger partial charge in [-0.3, -0.25) is 9.97 Å². The number of nitrogens with zero attached hydrogens (tertiary/aromatic N) is 2. The van der Waals surface area contributed by atoms with E-state index in [1.807, 2.05) is 13.8 Å². The van der Waals surface area contributed by atoms with E-state index in [1.54, 1.807) is 12.4 Å². The van der Waals surface area contributed by atoms with Gasteiger partial charge < -0.3 is 5.73 Å². The van der Waals surface area contributed by atoms with Crippen molar-refractivity contribution >= 4 is 0 Å². The van der Waals surface area contributed by atoms with Crippen molar-refractivity contribution < 1.29 is 0 Å². The standard InChI is InChI=1S/C7H11N3/c1-5-3-9-4-7(10-5)6(2)8/h3-4,6H,8H2,1-2H3. The van der Waals surface area contributed by atoms with E-state index in [-0.39, 0.29) is 6.04 Å². The van der Waals surface area contributed by atoms with Crippen LogP contribution in [0.25, 0.3) is 0 Å². The molecule has 0 aliphatic heterocycles. The normalized spacial score (nSPS) is 13.1. The number of aryl methyl sites for hydroxylation is 1. The lowest BCUT2D eigenvalue weighted by atomic mass is 10.2. The maximum absolute atomic E-state index is 5.58. The molecule has 10 heavy (non-hydrogen) atoms. The minimum Gasteiger partial charge on any atom is -0.323 e. The lowest BCUT2D eigenvalue weighted by molar-refractivity contribution is 0.765. The third-order valence-electron chi connectivity index (χ3n) is 1.24. The fourth-order valence-electron chi connectivity index (χ4n) is 0.702. The summed E-state index contributed by atoms with van der Waals surface area (Å²) in [6.07, 6.45) is 3.41. The zero-order valence-corrected chi connectivity index (χ0v) is 6.20. The summed E-state index contributed by atoms with van der Waals surface area (Å²) in [5, 5.41) is 0. The first-order valence-corrected chi connectivity index (χ1v) is 3.24. The Morgan fingerprint density at radius 3 is 2.60 bits per heavy atom. The van der Waals surface area contributed by atoms with Gasteiger partial charge in [0.25, 0.3) is 0 Å². The van der Waals surface area contributed by atoms with Crippen LogP contribution in [0.5, 0.6) is 0 Å². The predicted octanol–water partition coefficient (Wildman–Crippen LogP) is 0.805. The van der Waals surface area contributed by atoms with Crippen LogP contribution in [0.1, 0.15) is 24.4 Å². The van der Waals surface area contributed by atoms with Crippen molar-refractivity contribution in [2.45, 2.75) is 19.9 Å². The Hall–Kier alpha value is -0.960. The van der Waals surface area contributed by atoms with Crippen molar-refractivity contribution in [1.29, 1.82) is 0 Å². The molecular formula is C7H11N3. The summed E-state index contributed by atoms with van der Waals surface area (Å²) in [6, 6.07) is -0.0209. The second kappa shape index (κ2) is 2.75. The van der Waals surface area contributed by atoms with Crippen molar-refractivity contribution in [3.8, 4) is 0 Å². The molecule has 1 aromatic heterocycles. The number of hydrogen-bond donors (Lipinski definition) is 1. The Balaban J connectivity index is 2.96. The van der Waals surface area contributed by atoms with Crippen molar-refractivity contribution in [2.24, 2.45) is 5.73 Å². The second-order valence-electron chi connectivity index (χ2n) is 2.37. The molecule has 0 saturated carbocycles. The first-order chi connectivity index (χ1) is 4.70. The number of aromatic nitrogens is 2. The quantitative estimate of drug-likeness (QED) is 0.623.